The standard InChI is InChI=1S/C25H36N2O5/c1-19(2)18-26(14-12-20-8-4-3-5-9-20)23(28)13-15-31-16-17-32-27-24(29)21-10-6-7-11-22(21)25(27)30/h6-7,10-11,19-20H,3-5,8-9,12-18H2,1-2H3. The van der Waals surface area contributed by atoms with E-state index in [1.54, 1.807) is 24.3 Å². The van der Waals surface area contributed by atoms with Gasteiger partial charge < -0.3 is 9.64 Å². The molecule has 2 aliphatic rings. The normalized spacial score (nSPS) is 16.7. The van der Waals surface area contributed by atoms with Crippen molar-refractivity contribution in [2.45, 2.75) is 58.8 Å². The Balaban J connectivity index is 1.34. The molecule has 1 heterocycles. The third-order valence-corrected chi connectivity index (χ3v) is 6.14. The quantitative estimate of drug-likeness (QED) is 0.359. The van der Waals surface area contributed by atoms with Gasteiger partial charge in [-0.25, -0.2) is 0 Å². The molecule has 1 aromatic rings. The van der Waals surface area contributed by atoms with Crippen LogP contribution in [0.4, 0.5) is 0 Å². The van der Waals surface area contributed by atoms with Crippen molar-refractivity contribution in [2.75, 3.05) is 32.9 Å². The molecule has 3 rings (SSSR count). The van der Waals surface area contributed by atoms with Crippen molar-refractivity contribution < 1.29 is 24.0 Å². The van der Waals surface area contributed by atoms with E-state index in [2.05, 4.69) is 13.8 Å². The highest BCUT2D eigenvalue weighted by atomic mass is 16.7. The zero-order valence-electron chi connectivity index (χ0n) is 19.4. The molecule has 0 radical (unpaired) electrons. The fourth-order valence-corrected chi connectivity index (χ4v) is 4.46. The van der Waals surface area contributed by atoms with Gasteiger partial charge in [-0.1, -0.05) is 58.1 Å². The number of hydrogen-bond donors (Lipinski definition) is 0. The lowest BCUT2D eigenvalue weighted by Crippen LogP contribution is -2.36. The van der Waals surface area contributed by atoms with E-state index >= 15 is 0 Å². The summed E-state index contributed by atoms with van der Waals surface area (Å²) < 4.78 is 5.54. The Morgan fingerprint density at radius 1 is 1.03 bits per heavy atom. The molecule has 176 valence electrons. The van der Waals surface area contributed by atoms with Crippen molar-refractivity contribution in [3.63, 3.8) is 0 Å². The van der Waals surface area contributed by atoms with Gasteiger partial charge in [0.2, 0.25) is 5.91 Å². The minimum absolute atomic E-state index is 0.0665. The molecule has 0 saturated heterocycles. The Morgan fingerprint density at radius 2 is 1.69 bits per heavy atom. The van der Waals surface area contributed by atoms with Gasteiger partial charge in [0.15, 0.2) is 0 Å². The van der Waals surface area contributed by atoms with E-state index in [0.717, 1.165) is 30.5 Å². The zero-order valence-corrected chi connectivity index (χ0v) is 19.4. The number of carbonyl (C=O) groups is 3. The number of ether oxygens (including phenoxy) is 1. The Hall–Kier alpha value is -2.25. The summed E-state index contributed by atoms with van der Waals surface area (Å²) in [7, 11) is 0. The van der Waals surface area contributed by atoms with Gasteiger partial charge in [-0.2, -0.15) is 0 Å². The van der Waals surface area contributed by atoms with E-state index in [-0.39, 0.29) is 19.1 Å². The highest BCUT2D eigenvalue weighted by Crippen LogP contribution is 2.26. The fraction of sp³-hybridized carbons (Fsp3) is 0.640. The summed E-state index contributed by atoms with van der Waals surface area (Å²) in [6.07, 6.45) is 7.98. The number of hydroxylamine groups is 2. The molecule has 0 spiro atoms. The molecule has 0 N–H and O–H groups in total. The molecule has 0 aromatic heterocycles. The second kappa shape index (κ2) is 12.1. The smallest absolute Gasteiger partial charge is 0.285 e. The Kier molecular flexibility index (Phi) is 9.23. The Morgan fingerprint density at radius 3 is 2.31 bits per heavy atom. The number of carbonyl (C=O) groups excluding carboxylic acids is 3. The van der Waals surface area contributed by atoms with Crippen LogP contribution in [0.1, 0.15) is 79.5 Å². The maximum absolute atomic E-state index is 12.7. The second-order valence-corrected chi connectivity index (χ2v) is 9.17. The third kappa shape index (κ3) is 6.62. The molecule has 0 bridgehead atoms. The number of benzene rings is 1. The summed E-state index contributed by atoms with van der Waals surface area (Å²) in [5, 5.41) is 0.787. The van der Waals surface area contributed by atoms with E-state index in [1.165, 1.54) is 32.1 Å². The van der Waals surface area contributed by atoms with E-state index in [0.29, 0.717) is 30.1 Å². The van der Waals surface area contributed by atoms with Crippen LogP contribution in [0, 0.1) is 11.8 Å². The van der Waals surface area contributed by atoms with Crippen LogP contribution in [0.3, 0.4) is 0 Å². The van der Waals surface area contributed by atoms with Crippen molar-refractivity contribution in [3.8, 4) is 0 Å². The predicted octanol–water partition coefficient (Wildman–Crippen LogP) is 4.08. The molecule has 1 saturated carbocycles. The molecule has 7 heteroatoms. The Bertz CT molecular complexity index is 753. The minimum Gasteiger partial charge on any atom is -0.378 e. The summed E-state index contributed by atoms with van der Waals surface area (Å²) >= 11 is 0. The van der Waals surface area contributed by atoms with Crippen LogP contribution >= 0.6 is 0 Å². The molecular formula is C25H36N2O5. The summed E-state index contributed by atoms with van der Waals surface area (Å²) in [5.74, 6) is 0.392. The van der Waals surface area contributed by atoms with E-state index in [9.17, 15) is 14.4 Å². The van der Waals surface area contributed by atoms with Crippen LogP contribution in [0.5, 0.6) is 0 Å². The monoisotopic (exact) mass is 444 g/mol. The third-order valence-electron chi connectivity index (χ3n) is 6.14. The Labute approximate surface area is 191 Å². The van der Waals surface area contributed by atoms with Crippen LogP contribution in [-0.4, -0.2) is 60.6 Å². The highest BCUT2D eigenvalue weighted by Gasteiger charge is 2.36. The van der Waals surface area contributed by atoms with E-state index in [4.69, 9.17) is 9.57 Å². The first-order chi connectivity index (χ1) is 15.5. The highest BCUT2D eigenvalue weighted by molar-refractivity contribution is 6.20. The van der Waals surface area contributed by atoms with Crippen LogP contribution < -0.4 is 0 Å². The average molecular weight is 445 g/mol. The maximum atomic E-state index is 12.7. The van der Waals surface area contributed by atoms with Gasteiger partial charge in [-0.05, 0) is 30.4 Å². The first-order valence-electron chi connectivity index (χ1n) is 11.9. The number of amides is 3. The molecule has 1 aliphatic carbocycles. The van der Waals surface area contributed by atoms with Gasteiger partial charge >= 0.3 is 0 Å². The van der Waals surface area contributed by atoms with Gasteiger partial charge in [0, 0.05) is 13.1 Å². The molecule has 32 heavy (non-hydrogen) atoms. The van der Waals surface area contributed by atoms with Gasteiger partial charge in [-0.15, -0.1) is 5.06 Å². The first kappa shape index (κ1) is 24.4. The molecule has 1 aliphatic heterocycles. The first-order valence-corrected chi connectivity index (χ1v) is 11.9. The molecular weight excluding hydrogens is 408 g/mol. The van der Waals surface area contributed by atoms with Crippen LogP contribution in [0.25, 0.3) is 0 Å². The van der Waals surface area contributed by atoms with Crippen molar-refractivity contribution in [2.24, 2.45) is 11.8 Å². The largest absolute Gasteiger partial charge is 0.378 e. The van der Waals surface area contributed by atoms with E-state index < -0.39 is 11.8 Å². The zero-order chi connectivity index (χ0) is 22.9. The maximum Gasteiger partial charge on any atom is 0.285 e. The van der Waals surface area contributed by atoms with Gasteiger partial charge in [-0.3, -0.25) is 19.2 Å². The van der Waals surface area contributed by atoms with Gasteiger partial charge in [0.25, 0.3) is 11.8 Å². The average Bonchev–Trinajstić information content (AvgIpc) is 3.04. The van der Waals surface area contributed by atoms with Crippen LogP contribution in [0.2, 0.25) is 0 Å². The summed E-state index contributed by atoms with van der Waals surface area (Å²) in [6, 6.07) is 6.65. The number of fused-ring (bicyclic) bond motifs is 1. The van der Waals surface area contributed by atoms with Gasteiger partial charge in [0.1, 0.15) is 0 Å². The van der Waals surface area contributed by atoms with Crippen molar-refractivity contribution in [3.05, 3.63) is 35.4 Å². The number of nitrogens with zero attached hydrogens (tertiary/aromatic N) is 2. The SMILES string of the molecule is CC(C)CN(CCC1CCCCC1)C(=O)CCOCCON1C(=O)c2ccccc2C1=O. The molecule has 0 unspecified atom stereocenters. The fourth-order valence-electron chi connectivity index (χ4n) is 4.46. The van der Waals surface area contributed by atoms with Crippen LogP contribution in [-0.2, 0) is 14.4 Å². The summed E-state index contributed by atoms with van der Waals surface area (Å²) in [6.45, 7) is 6.42. The molecule has 1 fully saturated rings. The number of imide groups is 1. The van der Waals surface area contributed by atoms with Crippen LogP contribution in [0.15, 0.2) is 24.3 Å². The predicted molar refractivity (Wildman–Crippen MR) is 121 cm³/mol. The number of hydrogen-bond acceptors (Lipinski definition) is 5. The lowest BCUT2D eigenvalue weighted by Gasteiger charge is -2.28. The summed E-state index contributed by atoms with van der Waals surface area (Å²) in [4.78, 5) is 44.5. The van der Waals surface area contributed by atoms with E-state index in [1.807, 2.05) is 4.90 Å². The lowest BCUT2D eigenvalue weighted by molar-refractivity contribution is -0.134. The summed E-state index contributed by atoms with van der Waals surface area (Å²) in [5.41, 5.74) is 0.699. The lowest BCUT2D eigenvalue weighted by atomic mass is 9.87. The van der Waals surface area contributed by atoms with Gasteiger partial charge in [0.05, 0.1) is 37.4 Å². The molecule has 3 amide bonds. The molecule has 0 atom stereocenters. The van der Waals surface area contributed by atoms with Crippen molar-refractivity contribution in [1.82, 2.24) is 9.96 Å². The molecule has 7 nitrogen and oxygen atoms in total. The minimum atomic E-state index is -0.455. The second-order valence-electron chi connectivity index (χ2n) is 9.17. The molecule has 1 aromatic carbocycles. The van der Waals surface area contributed by atoms with Crippen molar-refractivity contribution >= 4 is 17.7 Å². The number of rotatable bonds is 12. The topological polar surface area (TPSA) is 76.2 Å². The van der Waals surface area contributed by atoms with Crippen molar-refractivity contribution in [1.29, 1.82) is 0 Å².